The summed E-state index contributed by atoms with van der Waals surface area (Å²) in [5.74, 6) is -0.108. The Morgan fingerprint density at radius 3 is 2.91 bits per heavy atom. The van der Waals surface area contributed by atoms with Gasteiger partial charge >= 0.3 is 0 Å². The van der Waals surface area contributed by atoms with Gasteiger partial charge in [0.05, 0.1) is 5.69 Å². The van der Waals surface area contributed by atoms with Crippen molar-refractivity contribution in [1.82, 2.24) is 10.3 Å². The summed E-state index contributed by atoms with van der Waals surface area (Å²) in [6.07, 6.45) is 0.770. The first-order valence-corrected chi connectivity index (χ1v) is 8.35. The molecule has 0 saturated heterocycles. The fourth-order valence-electron chi connectivity index (χ4n) is 2.11. The van der Waals surface area contributed by atoms with Crippen molar-refractivity contribution in [2.24, 2.45) is 5.92 Å². The molecule has 0 aliphatic heterocycles. The van der Waals surface area contributed by atoms with Crippen LogP contribution in [0.3, 0.4) is 0 Å². The summed E-state index contributed by atoms with van der Waals surface area (Å²) >= 11 is 7.53. The Balaban J connectivity index is 2.06. The van der Waals surface area contributed by atoms with E-state index in [-0.39, 0.29) is 11.8 Å². The van der Waals surface area contributed by atoms with Crippen LogP contribution in [0.2, 0.25) is 5.02 Å². The number of benzene rings is 1. The summed E-state index contributed by atoms with van der Waals surface area (Å²) in [6.45, 7) is 4.49. The van der Waals surface area contributed by atoms with Gasteiger partial charge in [-0.25, -0.2) is 4.98 Å². The first kappa shape index (κ1) is 16.9. The van der Waals surface area contributed by atoms with E-state index in [4.69, 9.17) is 11.6 Å². The van der Waals surface area contributed by atoms with Gasteiger partial charge in [0.15, 0.2) is 5.13 Å². The Bertz CT molecular complexity index is 657. The number of hydrogen-bond acceptors (Lipinski definition) is 4. The Hall–Kier alpha value is -1.43. The standard InChI is InChI=1S/C16H20ClN3OS/c1-10(9-18-3)15(21)20-16-19-11(2)14(22-16)8-12-5-4-6-13(17)7-12/h4-7,10,18H,8-9H2,1-3H3,(H,19,20,21). The number of carbonyl (C=O) groups excluding carboxylic acids is 1. The van der Waals surface area contributed by atoms with Gasteiger partial charge < -0.3 is 10.6 Å². The van der Waals surface area contributed by atoms with Gasteiger partial charge in [0, 0.05) is 28.8 Å². The molecule has 1 heterocycles. The second-order valence-corrected chi connectivity index (χ2v) is 6.80. The van der Waals surface area contributed by atoms with Crippen molar-refractivity contribution in [3.63, 3.8) is 0 Å². The molecule has 0 fully saturated rings. The van der Waals surface area contributed by atoms with Gasteiger partial charge in [-0.1, -0.05) is 30.7 Å². The molecule has 22 heavy (non-hydrogen) atoms. The minimum Gasteiger partial charge on any atom is -0.319 e. The first-order chi connectivity index (χ1) is 10.5. The maximum atomic E-state index is 12.0. The van der Waals surface area contributed by atoms with Crippen LogP contribution in [0.1, 0.15) is 23.1 Å². The molecular weight excluding hydrogens is 318 g/mol. The maximum Gasteiger partial charge on any atom is 0.230 e. The monoisotopic (exact) mass is 337 g/mol. The summed E-state index contributed by atoms with van der Waals surface area (Å²) in [5.41, 5.74) is 2.09. The number of nitrogens with zero attached hydrogens (tertiary/aromatic N) is 1. The maximum absolute atomic E-state index is 12.0. The highest BCUT2D eigenvalue weighted by Gasteiger charge is 2.15. The zero-order valence-corrected chi connectivity index (χ0v) is 14.5. The molecule has 0 saturated carbocycles. The molecule has 0 aliphatic carbocycles. The highest BCUT2D eigenvalue weighted by molar-refractivity contribution is 7.15. The van der Waals surface area contributed by atoms with E-state index in [0.29, 0.717) is 11.7 Å². The number of rotatable bonds is 6. The van der Waals surface area contributed by atoms with Gasteiger partial charge in [-0.05, 0) is 31.7 Å². The second-order valence-electron chi connectivity index (χ2n) is 5.28. The molecule has 0 spiro atoms. The summed E-state index contributed by atoms with van der Waals surface area (Å²) in [4.78, 5) is 17.6. The molecule has 2 aromatic rings. The molecule has 1 amide bonds. The summed E-state index contributed by atoms with van der Waals surface area (Å²) < 4.78 is 0. The van der Waals surface area contributed by atoms with E-state index in [1.54, 1.807) is 0 Å². The molecule has 0 bridgehead atoms. The molecular formula is C16H20ClN3OS. The van der Waals surface area contributed by atoms with Crippen molar-refractivity contribution >= 4 is 34.0 Å². The van der Waals surface area contributed by atoms with Gasteiger partial charge in [-0.15, -0.1) is 11.3 Å². The first-order valence-electron chi connectivity index (χ1n) is 7.15. The quantitative estimate of drug-likeness (QED) is 0.848. The van der Waals surface area contributed by atoms with Gasteiger partial charge in [0.25, 0.3) is 0 Å². The zero-order chi connectivity index (χ0) is 16.1. The van der Waals surface area contributed by atoms with Crippen molar-refractivity contribution in [3.8, 4) is 0 Å². The van der Waals surface area contributed by atoms with Crippen LogP contribution < -0.4 is 10.6 Å². The lowest BCUT2D eigenvalue weighted by molar-refractivity contribution is -0.119. The number of amides is 1. The third kappa shape index (κ3) is 4.53. The minimum atomic E-state index is -0.0920. The Morgan fingerprint density at radius 1 is 1.45 bits per heavy atom. The number of nitrogens with one attached hydrogen (secondary N) is 2. The average Bonchev–Trinajstić information content (AvgIpc) is 2.79. The van der Waals surface area contributed by atoms with Crippen molar-refractivity contribution in [2.75, 3.05) is 18.9 Å². The van der Waals surface area contributed by atoms with Crippen LogP contribution in [0.5, 0.6) is 0 Å². The minimum absolute atomic E-state index is 0.0163. The molecule has 1 unspecified atom stereocenters. The SMILES string of the molecule is CNCC(C)C(=O)Nc1nc(C)c(Cc2cccc(Cl)c2)s1. The topological polar surface area (TPSA) is 54.0 Å². The van der Waals surface area contributed by atoms with Crippen LogP contribution in [0, 0.1) is 12.8 Å². The summed E-state index contributed by atoms with van der Waals surface area (Å²) in [5, 5.41) is 7.27. The number of aromatic nitrogens is 1. The van der Waals surface area contributed by atoms with E-state index in [9.17, 15) is 4.79 Å². The van der Waals surface area contributed by atoms with Gasteiger partial charge in [0.2, 0.25) is 5.91 Å². The van der Waals surface area contributed by atoms with E-state index < -0.39 is 0 Å². The Labute approximate surface area is 139 Å². The van der Waals surface area contributed by atoms with Crippen LogP contribution in [0.25, 0.3) is 0 Å². The number of carbonyl (C=O) groups is 1. The van der Waals surface area contributed by atoms with Crippen molar-refractivity contribution in [2.45, 2.75) is 20.3 Å². The second kappa shape index (κ2) is 7.72. The molecule has 4 nitrogen and oxygen atoms in total. The van der Waals surface area contributed by atoms with E-state index in [2.05, 4.69) is 15.6 Å². The third-order valence-electron chi connectivity index (χ3n) is 3.33. The Morgan fingerprint density at radius 2 is 2.23 bits per heavy atom. The van der Waals surface area contributed by atoms with Gasteiger partial charge in [-0.2, -0.15) is 0 Å². The van der Waals surface area contributed by atoms with E-state index in [1.807, 2.05) is 45.2 Å². The van der Waals surface area contributed by atoms with Gasteiger partial charge in [0.1, 0.15) is 0 Å². The number of aryl methyl sites for hydroxylation is 1. The van der Waals surface area contributed by atoms with E-state index in [0.717, 1.165) is 27.6 Å². The average molecular weight is 338 g/mol. The molecule has 0 radical (unpaired) electrons. The van der Waals surface area contributed by atoms with Crippen molar-refractivity contribution < 1.29 is 4.79 Å². The normalized spacial score (nSPS) is 12.2. The third-order valence-corrected chi connectivity index (χ3v) is 4.64. The molecule has 1 aromatic heterocycles. The predicted octanol–water partition coefficient (Wildman–Crippen LogP) is 3.49. The van der Waals surface area contributed by atoms with Crippen molar-refractivity contribution in [3.05, 3.63) is 45.4 Å². The molecule has 0 aliphatic rings. The predicted molar refractivity (Wildman–Crippen MR) is 92.8 cm³/mol. The summed E-state index contributed by atoms with van der Waals surface area (Å²) in [7, 11) is 1.83. The van der Waals surface area contributed by atoms with Crippen LogP contribution in [-0.2, 0) is 11.2 Å². The fourth-order valence-corrected chi connectivity index (χ4v) is 3.32. The summed E-state index contributed by atoms with van der Waals surface area (Å²) in [6, 6.07) is 7.79. The zero-order valence-electron chi connectivity index (χ0n) is 12.9. The molecule has 118 valence electrons. The van der Waals surface area contributed by atoms with Crippen molar-refractivity contribution in [1.29, 1.82) is 0 Å². The lowest BCUT2D eigenvalue weighted by atomic mass is 10.1. The lowest BCUT2D eigenvalue weighted by Crippen LogP contribution is -2.28. The van der Waals surface area contributed by atoms with Gasteiger partial charge in [-0.3, -0.25) is 4.79 Å². The fraction of sp³-hybridized carbons (Fsp3) is 0.375. The smallest absolute Gasteiger partial charge is 0.230 e. The molecule has 6 heteroatoms. The molecule has 1 aromatic carbocycles. The highest BCUT2D eigenvalue weighted by Crippen LogP contribution is 2.26. The van der Waals surface area contributed by atoms with Crippen LogP contribution in [0.4, 0.5) is 5.13 Å². The largest absolute Gasteiger partial charge is 0.319 e. The van der Waals surface area contributed by atoms with E-state index in [1.165, 1.54) is 11.3 Å². The number of anilines is 1. The molecule has 2 N–H and O–H groups in total. The Kier molecular flexibility index (Phi) is 5.94. The van der Waals surface area contributed by atoms with Crippen LogP contribution in [-0.4, -0.2) is 24.5 Å². The van der Waals surface area contributed by atoms with Crippen LogP contribution in [0.15, 0.2) is 24.3 Å². The number of halogens is 1. The molecule has 2 rings (SSSR count). The highest BCUT2D eigenvalue weighted by atomic mass is 35.5. The number of thiazole rings is 1. The lowest BCUT2D eigenvalue weighted by Gasteiger charge is -2.09. The van der Waals surface area contributed by atoms with E-state index >= 15 is 0 Å². The molecule has 1 atom stereocenters. The van der Waals surface area contributed by atoms with Crippen LogP contribution >= 0.6 is 22.9 Å². The number of hydrogen-bond donors (Lipinski definition) is 2.